The van der Waals surface area contributed by atoms with E-state index in [0.717, 1.165) is 31.4 Å². The minimum Gasteiger partial charge on any atom is -0.452 e. The molecule has 1 aromatic heterocycles. The van der Waals surface area contributed by atoms with Gasteiger partial charge in [-0.05, 0) is 37.0 Å². The van der Waals surface area contributed by atoms with Crippen molar-refractivity contribution in [2.45, 2.75) is 53.0 Å². The molecule has 29 heavy (non-hydrogen) atoms. The maximum atomic E-state index is 12.9. The molecule has 0 spiro atoms. The Morgan fingerprint density at radius 2 is 1.93 bits per heavy atom. The van der Waals surface area contributed by atoms with E-state index in [1.165, 1.54) is 0 Å². The van der Waals surface area contributed by atoms with E-state index in [2.05, 4.69) is 25.9 Å². The van der Waals surface area contributed by atoms with Crippen molar-refractivity contribution >= 4 is 11.9 Å². The van der Waals surface area contributed by atoms with Crippen LogP contribution < -0.4 is 0 Å². The average Bonchev–Trinajstić information content (AvgIpc) is 3.16. The first-order valence-electron chi connectivity index (χ1n) is 10.2. The zero-order chi connectivity index (χ0) is 20.8. The van der Waals surface area contributed by atoms with E-state index in [0.29, 0.717) is 11.5 Å². The fourth-order valence-corrected chi connectivity index (χ4v) is 5.44. The third kappa shape index (κ3) is 3.80. The van der Waals surface area contributed by atoms with Crippen LogP contribution in [0.15, 0.2) is 34.9 Å². The Bertz CT molecular complexity index is 934. The number of esters is 1. The van der Waals surface area contributed by atoms with Gasteiger partial charge in [-0.15, -0.1) is 0 Å². The molecule has 2 atom stereocenters. The summed E-state index contributed by atoms with van der Waals surface area (Å²) in [6, 6.07) is 9.56. The first-order valence-corrected chi connectivity index (χ1v) is 10.2. The van der Waals surface area contributed by atoms with Crippen LogP contribution in [0.3, 0.4) is 0 Å². The molecule has 2 heterocycles. The van der Waals surface area contributed by atoms with Crippen molar-refractivity contribution < 1.29 is 18.8 Å². The smallest absolute Gasteiger partial charge is 0.344 e. The van der Waals surface area contributed by atoms with Gasteiger partial charge in [-0.3, -0.25) is 4.79 Å². The van der Waals surface area contributed by atoms with Crippen LogP contribution in [-0.4, -0.2) is 41.1 Å². The lowest BCUT2D eigenvalue weighted by Crippen LogP contribution is -2.39. The van der Waals surface area contributed by atoms with Gasteiger partial charge in [0.2, 0.25) is 0 Å². The highest BCUT2D eigenvalue weighted by Crippen LogP contribution is 2.52. The molecule has 1 aliphatic heterocycles. The predicted octanol–water partition coefficient (Wildman–Crippen LogP) is 4.23. The Balaban J connectivity index is 1.45. The lowest BCUT2D eigenvalue weighted by Gasteiger charge is -2.39. The van der Waals surface area contributed by atoms with Crippen molar-refractivity contribution in [1.29, 1.82) is 0 Å². The van der Waals surface area contributed by atoms with Crippen LogP contribution >= 0.6 is 0 Å². The third-order valence-corrected chi connectivity index (χ3v) is 6.18. The Morgan fingerprint density at radius 3 is 2.66 bits per heavy atom. The number of nitrogens with zero attached hydrogens (tertiary/aromatic N) is 2. The van der Waals surface area contributed by atoms with E-state index in [-0.39, 0.29) is 34.9 Å². The van der Waals surface area contributed by atoms with Crippen LogP contribution in [0.4, 0.5) is 0 Å². The lowest BCUT2D eigenvalue weighted by molar-refractivity contribution is -0.135. The number of aryl methyl sites for hydroxylation is 1. The molecule has 6 nitrogen and oxygen atoms in total. The van der Waals surface area contributed by atoms with Crippen molar-refractivity contribution in [2.75, 3.05) is 13.2 Å². The van der Waals surface area contributed by atoms with Gasteiger partial charge in [0.1, 0.15) is 17.0 Å². The van der Waals surface area contributed by atoms with E-state index in [9.17, 15) is 9.59 Å². The van der Waals surface area contributed by atoms with Gasteiger partial charge in [-0.2, -0.15) is 0 Å². The number of rotatable bonds is 4. The van der Waals surface area contributed by atoms with E-state index in [4.69, 9.17) is 9.26 Å². The Labute approximate surface area is 171 Å². The molecule has 1 saturated heterocycles. The first kappa shape index (κ1) is 19.7. The van der Waals surface area contributed by atoms with Crippen LogP contribution in [0, 0.1) is 17.8 Å². The maximum absolute atomic E-state index is 12.9. The molecule has 2 fully saturated rings. The second kappa shape index (κ2) is 7.01. The summed E-state index contributed by atoms with van der Waals surface area (Å²) in [5.74, 6) is -0.322. The highest BCUT2D eigenvalue weighted by molar-refractivity contribution is 5.98. The molecule has 154 valence electrons. The van der Waals surface area contributed by atoms with Crippen LogP contribution in [0.25, 0.3) is 11.3 Å². The number of ether oxygens (including phenoxy) is 1. The number of carbonyl (C=O) groups is 2. The van der Waals surface area contributed by atoms with Gasteiger partial charge < -0.3 is 14.2 Å². The van der Waals surface area contributed by atoms with E-state index in [1.54, 1.807) is 6.92 Å². The molecule has 2 aromatic rings. The van der Waals surface area contributed by atoms with Crippen molar-refractivity contribution in [3.05, 3.63) is 41.7 Å². The second-order valence-electron chi connectivity index (χ2n) is 9.64. The van der Waals surface area contributed by atoms with Crippen LogP contribution in [0.5, 0.6) is 0 Å². The Kier molecular flexibility index (Phi) is 4.75. The Hall–Kier alpha value is -2.63. The van der Waals surface area contributed by atoms with Gasteiger partial charge in [-0.1, -0.05) is 56.3 Å². The fourth-order valence-electron chi connectivity index (χ4n) is 5.44. The summed E-state index contributed by atoms with van der Waals surface area (Å²) in [6.45, 7) is 8.94. The first-order chi connectivity index (χ1) is 13.7. The molecule has 1 saturated carbocycles. The van der Waals surface area contributed by atoms with E-state index in [1.807, 2.05) is 35.2 Å². The van der Waals surface area contributed by atoms with Gasteiger partial charge in [0, 0.05) is 18.2 Å². The number of carbonyl (C=O) groups excluding carboxylic acids is 2. The molecule has 2 aliphatic rings. The van der Waals surface area contributed by atoms with Gasteiger partial charge >= 0.3 is 5.97 Å². The minimum atomic E-state index is -0.579. The summed E-state index contributed by atoms with van der Waals surface area (Å²) in [5, 5.41) is 4.01. The molecular weight excluding hydrogens is 368 g/mol. The summed E-state index contributed by atoms with van der Waals surface area (Å²) in [7, 11) is 0. The molecule has 4 rings (SSSR count). The normalized spacial score (nSPS) is 25.1. The number of benzene rings is 1. The summed E-state index contributed by atoms with van der Waals surface area (Å²) < 4.78 is 10.6. The Morgan fingerprint density at radius 1 is 1.21 bits per heavy atom. The third-order valence-electron chi connectivity index (χ3n) is 6.18. The number of fused-ring (bicyclic) bond motifs is 2. The molecule has 1 aliphatic carbocycles. The van der Waals surface area contributed by atoms with Gasteiger partial charge in [0.25, 0.3) is 5.91 Å². The molecule has 2 bridgehead atoms. The van der Waals surface area contributed by atoms with E-state index < -0.39 is 5.97 Å². The van der Waals surface area contributed by atoms with Crippen molar-refractivity contribution in [1.82, 2.24) is 10.1 Å². The zero-order valence-electron chi connectivity index (χ0n) is 17.5. The number of amides is 1. The molecule has 0 unspecified atom stereocenters. The average molecular weight is 396 g/mol. The highest BCUT2D eigenvalue weighted by Gasteiger charge is 2.51. The predicted molar refractivity (Wildman–Crippen MR) is 108 cm³/mol. The number of likely N-dealkylation sites (tertiary alicyclic amines) is 1. The largest absolute Gasteiger partial charge is 0.452 e. The minimum absolute atomic E-state index is 0.125. The van der Waals surface area contributed by atoms with Crippen molar-refractivity contribution in [3.63, 3.8) is 0 Å². The standard InChI is InChI=1S/C23H28N2O4/c1-15-19(20(24-29-15)16-8-6-5-7-9-16)21(27)28-12-18(26)25-14-23(4)11-17(25)10-22(2,3)13-23/h5-9,17H,10-14H2,1-4H3/t17-,23-/m1/s1. The van der Waals surface area contributed by atoms with Crippen LogP contribution in [0.2, 0.25) is 0 Å². The summed E-state index contributed by atoms with van der Waals surface area (Å²) >= 11 is 0. The van der Waals surface area contributed by atoms with Gasteiger partial charge in [0.15, 0.2) is 6.61 Å². The topological polar surface area (TPSA) is 72.6 Å². The summed E-state index contributed by atoms with van der Waals surface area (Å²) in [4.78, 5) is 27.5. The number of hydrogen-bond acceptors (Lipinski definition) is 5. The van der Waals surface area contributed by atoms with Gasteiger partial charge in [0.05, 0.1) is 0 Å². The quantitative estimate of drug-likeness (QED) is 0.723. The van der Waals surface area contributed by atoms with Crippen molar-refractivity contribution in [2.24, 2.45) is 10.8 Å². The molecule has 6 heteroatoms. The zero-order valence-corrected chi connectivity index (χ0v) is 17.5. The number of hydrogen-bond donors (Lipinski definition) is 0. The van der Waals surface area contributed by atoms with Gasteiger partial charge in [-0.25, -0.2) is 4.79 Å². The molecule has 0 N–H and O–H groups in total. The SMILES string of the molecule is Cc1onc(-c2ccccc2)c1C(=O)OCC(=O)N1C[C@]2(C)C[C@H]1CC(C)(C)C2. The second-order valence-corrected chi connectivity index (χ2v) is 9.64. The molecule has 1 amide bonds. The number of aromatic nitrogens is 1. The fraction of sp³-hybridized carbons (Fsp3) is 0.522. The molecular formula is C23H28N2O4. The van der Waals surface area contributed by atoms with E-state index >= 15 is 0 Å². The van der Waals surface area contributed by atoms with Crippen LogP contribution in [0.1, 0.15) is 56.2 Å². The van der Waals surface area contributed by atoms with Crippen LogP contribution in [-0.2, 0) is 9.53 Å². The monoisotopic (exact) mass is 396 g/mol. The molecule has 1 aromatic carbocycles. The highest BCUT2D eigenvalue weighted by atomic mass is 16.5. The maximum Gasteiger partial charge on any atom is 0.344 e. The summed E-state index contributed by atoms with van der Waals surface area (Å²) in [6.07, 6.45) is 3.13. The molecule has 0 radical (unpaired) electrons. The van der Waals surface area contributed by atoms with Crippen molar-refractivity contribution in [3.8, 4) is 11.3 Å². The lowest BCUT2D eigenvalue weighted by atomic mass is 9.65. The summed E-state index contributed by atoms with van der Waals surface area (Å²) in [5.41, 5.74) is 1.86.